The molecule has 1 aromatic rings. The first kappa shape index (κ1) is 24.9. The summed E-state index contributed by atoms with van der Waals surface area (Å²) in [6.45, 7) is 13.6. The maximum Gasteiger partial charge on any atom is 0.498 e. The summed E-state index contributed by atoms with van der Waals surface area (Å²) in [5.41, 5.74) is -1.14. The molecule has 178 valence electrons. The molecule has 2 fully saturated rings. The molecule has 2 aliphatic rings. The zero-order chi connectivity index (χ0) is 23.9. The quantitative estimate of drug-likeness (QED) is 0.491. The molecule has 0 spiro atoms. The molecule has 0 aromatic carbocycles. The molecule has 1 amide bonds. The van der Waals surface area contributed by atoms with Gasteiger partial charge in [-0.15, -0.1) is 0 Å². The average molecular weight is 467 g/mol. The molecule has 0 unspecified atom stereocenters. The Morgan fingerprint density at radius 3 is 2.25 bits per heavy atom. The Kier molecular flexibility index (Phi) is 6.67. The Bertz CT molecular complexity index is 927. The van der Waals surface area contributed by atoms with E-state index in [4.69, 9.17) is 14.0 Å². The zero-order valence-electron chi connectivity index (χ0n) is 20.0. The number of piperidine rings is 1. The molecule has 0 aliphatic carbocycles. The minimum absolute atomic E-state index is 0.248. The van der Waals surface area contributed by atoms with E-state index in [1.54, 1.807) is 20.8 Å². The van der Waals surface area contributed by atoms with Gasteiger partial charge in [0.1, 0.15) is 5.60 Å². The number of hydrogen-bond donors (Lipinski definition) is 0. The lowest BCUT2D eigenvalue weighted by Crippen LogP contribution is -2.49. The van der Waals surface area contributed by atoms with Crippen LogP contribution in [0.15, 0.2) is 17.6 Å². The van der Waals surface area contributed by atoms with Crippen molar-refractivity contribution in [3.8, 4) is 0 Å². The second-order valence-corrected chi connectivity index (χ2v) is 12.4. The van der Waals surface area contributed by atoms with Crippen molar-refractivity contribution in [1.82, 2.24) is 14.9 Å². The predicted molar refractivity (Wildman–Crippen MR) is 120 cm³/mol. The van der Waals surface area contributed by atoms with E-state index in [0.29, 0.717) is 18.4 Å². The van der Waals surface area contributed by atoms with E-state index in [-0.39, 0.29) is 10.9 Å². The van der Waals surface area contributed by atoms with Crippen molar-refractivity contribution < 1.29 is 27.3 Å². The lowest BCUT2D eigenvalue weighted by Gasteiger charge is -2.36. The standard InChI is InChI=1S/C21H34BN3O6S/c1-19(2,3)29-18(26)25-11-9-8-10-16(25)14-32(27,28)17-23-12-15(13-24-17)22-30-20(4,5)21(6,7)31-22/h12-13,16H,8-11,14H2,1-7H3/t16-/m0/s1. The molecule has 1 aromatic heterocycles. The first-order valence-electron chi connectivity index (χ1n) is 11.0. The Morgan fingerprint density at radius 2 is 1.72 bits per heavy atom. The third-order valence-corrected chi connectivity index (χ3v) is 7.71. The number of ether oxygens (including phenoxy) is 1. The lowest BCUT2D eigenvalue weighted by atomic mass is 9.81. The molecule has 0 radical (unpaired) electrons. The first-order valence-corrected chi connectivity index (χ1v) is 12.7. The van der Waals surface area contributed by atoms with Crippen LogP contribution in [0.5, 0.6) is 0 Å². The molecule has 2 saturated heterocycles. The third kappa shape index (κ3) is 5.43. The third-order valence-electron chi connectivity index (χ3n) is 6.12. The van der Waals surface area contributed by atoms with Gasteiger partial charge in [-0.2, -0.15) is 0 Å². The molecule has 9 nitrogen and oxygen atoms in total. The van der Waals surface area contributed by atoms with Crippen LogP contribution in [0.25, 0.3) is 0 Å². The molecular weight excluding hydrogens is 433 g/mol. The van der Waals surface area contributed by atoms with Gasteiger partial charge in [0, 0.05) is 30.4 Å². The molecule has 3 rings (SSSR count). The van der Waals surface area contributed by atoms with E-state index in [9.17, 15) is 13.2 Å². The predicted octanol–water partition coefficient (Wildman–Crippen LogP) is 2.34. The number of carbonyl (C=O) groups is 1. The molecular formula is C21H34BN3O6S. The number of carbonyl (C=O) groups excluding carboxylic acids is 1. The van der Waals surface area contributed by atoms with Crippen LogP contribution in [-0.4, -0.2) is 71.6 Å². The van der Waals surface area contributed by atoms with Crippen molar-refractivity contribution in [2.24, 2.45) is 0 Å². The summed E-state index contributed by atoms with van der Waals surface area (Å²) in [7, 11) is -4.48. The maximum atomic E-state index is 13.0. The van der Waals surface area contributed by atoms with Gasteiger partial charge >= 0.3 is 13.2 Å². The van der Waals surface area contributed by atoms with Crippen LogP contribution in [0.4, 0.5) is 4.79 Å². The Balaban J connectivity index is 1.73. The smallest absolute Gasteiger partial charge is 0.444 e. The van der Waals surface area contributed by atoms with Gasteiger partial charge in [0.25, 0.3) is 0 Å². The summed E-state index contributed by atoms with van der Waals surface area (Å²) in [5.74, 6) is -0.248. The van der Waals surface area contributed by atoms with Gasteiger partial charge in [-0.1, -0.05) is 0 Å². The van der Waals surface area contributed by atoms with Gasteiger partial charge in [0.05, 0.1) is 17.0 Å². The fourth-order valence-electron chi connectivity index (χ4n) is 3.65. The summed E-state index contributed by atoms with van der Waals surface area (Å²) in [4.78, 5) is 22.3. The lowest BCUT2D eigenvalue weighted by molar-refractivity contribution is 0.00578. The maximum absolute atomic E-state index is 13.0. The van der Waals surface area contributed by atoms with Crippen LogP contribution in [-0.2, 0) is 23.9 Å². The number of amides is 1. The molecule has 0 bridgehead atoms. The minimum atomic E-state index is -3.81. The van der Waals surface area contributed by atoms with Crippen molar-refractivity contribution in [1.29, 1.82) is 0 Å². The summed E-state index contributed by atoms with van der Waals surface area (Å²) in [6, 6.07) is -0.477. The number of likely N-dealkylation sites (tertiary alicyclic amines) is 1. The van der Waals surface area contributed by atoms with E-state index in [1.165, 1.54) is 17.3 Å². The van der Waals surface area contributed by atoms with Crippen molar-refractivity contribution in [2.75, 3.05) is 12.3 Å². The SMILES string of the molecule is CC(C)(C)OC(=O)N1CCCC[C@H]1CS(=O)(=O)c1ncc(B2OC(C)(C)C(C)(C)O2)cn1. The van der Waals surface area contributed by atoms with Gasteiger partial charge in [0.15, 0.2) is 0 Å². The van der Waals surface area contributed by atoms with E-state index in [1.807, 2.05) is 27.7 Å². The molecule has 0 saturated carbocycles. The molecule has 1 atom stereocenters. The van der Waals surface area contributed by atoms with Gasteiger partial charge in [-0.25, -0.2) is 23.2 Å². The number of nitrogens with zero attached hydrogens (tertiary/aromatic N) is 3. The highest BCUT2D eigenvalue weighted by molar-refractivity contribution is 7.91. The number of hydrogen-bond acceptors (Lipinski definition) is 8. The Labute approximate surface area is 191 Å². The zero-order valence-corrected chi connectivity index (χ0v) is 20.9. The van der Waals surface area contributed by atoms with Crippen LogP contribution >= 0.6 is 0 Å². The topological polar surface area (TPSA) is 108 Å². The van der Waals surface area contributed by atoms with Crippen molar-refractivity contribution >= 4 is 28.5 Å². The van der Waals surface area contributed by atoms with Gasteiger partial charge in [-0.05, 0) is 67.7 Å². The van der Waals surface area contributed by atoms with Crippen LogP contribution in [0, 0.1) is 0 Å². The number of sulfone groups is 1. The van der Waals surface area contributed by atoms with Crippen LogP contribution in [0.1, 0.15) is 67.7 Å². The van der Waals surface area contributed by atoms with Crippen LogP contribution in [0.3, 0.4) is 0 Å². The van der Waals surface area contributed by atoms with Gasteiger partial charge in [-0.3, -0.25) is 0 Å². The second-order valence-electron chi connectivity index (χ2n) is 10.5. The fraction of sp³-hybridized carbons (Fsp3) is 0.762. The highest BCUT2D eigenvalue weighted by Gasteiger charge is 2.52. The number of rotatable bonds is 4. The summed E-state index contributed by atoms with van der Waals surface area (Å²) < 4.78 is 43.5. The van der Waals surface area contributed by atoms with Gasteiger partial charge in [0.2, 0.25) is 15.0 Å². The van der Waals surface area contributed by atoms with Crippen molar-refractivity contribution in [3.63, 3.8) is 0 Å². The summed E-state index contributed by atoms with van der Waals surface area (Å²) >= 11 is 0. The van der Waals surface area contributed by atoms with Crippen LogP contribution < -0.4 is 5.46 Å². The summed E-state index contributed by atoms with van der Waals surface area (Å²) in [5, 5.41) is -0.271. The number of aromatic nitrogens is 2. The van der Waals surface area contributed by atoms with E-state index >= 15 is 0 Å². The highest BCUT2D eigenvalue weighted by atomic mass is 32.2. The van der Waals surface area contributed by atoms with Gasteiger partial charge < -0.3 is 18.9 Å². The molecule has 2 aliphatic heterocycles. The molecule has 11 heteroatoms. The molecule has 3 heterocycles. The Hall–Kier alpha value is -1.72. The van der Waals surface area contributed by atoms with Crippen molar-refractivity contribution in [2.45, 2.75) is 95.7 Å². The second kappa shape index (κ2) is 8.57. The normalized spacial score (nSPS) is 23.3. The highest BCUT2D eigenvalue weighted by Crippen LogP contribution is 2.36. The van der Waals surface area contributed by atoms with Crippen LogP contribution in [0.2, 0.25) is 0 Å². The molecule has 0 N–H and O–H groups in total. The van der Waals surface area contributed by atoms with Crippen molar-refractivity contribution in [3.05, 3.63) is 12.4 Å². The first-order chi connectivity index (χ1) is 14.6. The largest absolute Gasteiger partial charge is 0.498 e. The molecule has 32 heavy (non-hydrogen) atoms. The fourth-order valence-corrected chi connectivity index (χ4v) is 5.08. The van der Waals surface area contributed by atoms with E-state index in [2.05, 4.69) is 9.97 Å². The average Bonchev–Trinajstić information content (AvgIpc) is 2.88. The monoisotopic (exact) mass is 467 g/mol. The van der Waals surface area contributed by atoms with E-state index < -0.39 is 45.9 Å². The minimum Gasteiger partial charge on any atom is -0.444 e. The Morgan fingerprint density at radius 1 is 1.16 bits per heavy atom. The summed E-state index contributed by atoms with van der Waals surface area (Å²) in [6.07, 6.45) is 4.61. The van der Waals surface area contributed by atoms with E-state index in [0.717, 1.165) is 12.8 Å².